The molecule has 2 fully saturated rings. The van der Waals surface area contributed by atoms with E-state index in [1.807, 2.05) is 19.9 Å². The number of methoxy groups -OCH3 is 1. The minimum absolute atomic E-state index is 0.0395. The maximum atomic E-state index is 12.2. The van der Waals surface area contributed by atoms with E-state index in [-0.39, 0.29) is 42.3 Å². The molecule has 0 aromatic rings. The molecule has 0 spiro atoms. The summed E-state index contributed by atoms with van der Waals surface area (Å²) in [6.07, 6.45) is 8.05. The lowest BCUT2D eigenvalue weighted by Crippen LogP contribution is -2.55. The third-order valence-corrected chi connectivity index (χ3v) is 16.0. The van der Waals surface area contributed by atoms with E-state index in [9.17, 15) is 4.79 Å². The van der Waals surface area contributed by atoms with Gasteiger partial charge in [0.15, 0.2) is 26.5 Å². The summed E-state index contributed by atoms with van der Waals surface area (Å²) in [6.45, 7) is 26.0. The van der Waals surface area contributed by atoms with Gasteiger partial charge in [-0.1, -0.05) is 52.3 Å². The lowest BCUT2D eigenvalue weighted by Gasteiger charge is -2.46. The average molecular weight is 677 g/mol. The maximum absolute atomic E-state index is 12.2. The predicted molar refractivity (Wildman–Crippen MR) is 182 cm³/mol. The third kappa shape index (κ3) is 7.27. The van der Waals surface area contributed by atoms with Crippen molar-refractivity contribution in [1.82, 2.24) is 0 Å². The molecular formula is C37H60O9Si. The molecule has 0 unspecified atom stereocenters. The van der Waals surface area contributed by atoms with Crippen LogP contribution in [-0.2, 0) is 42.4 Å². The summed E-state index contributed by atoms with van der Waals surface area (Å²) in [4.78, 5) is 12.2. The predicted octanol–water partition coefficient (Wildman–Crippen LogP) is 7.07. The largest absolute Gasteiger partial charge is 0.454 e. The van der Waals surface area contributed by atoms with Gasteiger partial charge in [-0.05, 0) is 94.5 Å². The summed E-state index contributed by atoms with van der Waals surface area (Å²) in [7, 11) is -0.494. The van der Waals surface area contributed by atoms with Crippen LogP contribution in [0, 0.1) is 23.7 Å². The molecule has 0 N–H and O–H groups in total. The van der Waals surface area contributed by atoms with E-state index in [0.717, 1.165) is 18.4 Å². The quantitative estimate of drug-likeness (QED) is 0.152. The van der Waals surface area contributed by atoms with Crippen LogP contribution in [0.4, 0.5) is 0 Å². The first-order valence-corrected chi connectivity index (χ1v) is 20.4. The van der Waals surface area contributed by atoms with Crippen molar-refractivity contribution in [1.29, 1.82) is 0 Å². The second-order valence-corrected chi connectivity index (χ2v) is 21.5. The van der Waals surface area contributed by atoms with Gasteiger partial charge in [0.2, 0.25) is 5.79 Å². The monoisotopic (exact) mass is 676 g/mol. The van der Waals surface area contributed by atoms with Crippen LogP contribution in [0.15, 0.2) is 35.5 Å². The van der Waals surface area contributed by atoms with Gasteiger partial charge in [0.25, 0.3) is 0 Å². The number of allylic oxidation sites excluding steroid dienone is 3. The number of fused-ring (bicyclic) bond motifs is 4. The van der Waals surface area contributed by atoms with Crippen molar-refractivity contribution in [2.24, 2.45) is 23.7 Å². The van der Waals surface area contributed by atoms with Crippen molar-refractivity contribution in [2.75, 3.05) is 20.3 Å². The third-order valence-electron chi connectivity index (χ3n) is 11.6. The smallest absolute Gasteiger partial charge is 0.303 e. The molecule has 266 valence electrons. The molecule has 0 aromatic carbocycles. The first-order chi connectivity index (χ1) is 21.7. The van der Waals surface area contributed by atoms with Gasteiger partial charge in [0.1, 0.15) is 17.8 Å². The van der Waals surface area contributed by atoms with Crippen molar-refractivity contribution in [3.63, 3.8) is 0 Å². The van der Waals surface area contributed by atoms with Crippen molar-refractivity contribution in [3.05, 3.63) is 35.5 Å². The Morgan fingerprint density at radius 3 is 2.45 bits per heavy atom. The Balaban J connectivity index is 1.53. The van der Waals surface area contributed by atoms with Crippen molar-refractivity contribution < 1.29 is 42.4 Å². The summed E-state index contributed by atoms with van der Waals surface area (Å²) < 4.78 is 51.4. The summed E-state index contributed by atoms with van der Waals surface area (Å²) in [5, 5.41) is 0.0395. The summed E-state index contributed by atoms with van der Waals surface area (Å²) in [5.41, 5.74) is 1.51. The summed E-state index contributed by atoms with van der Waals surface area (Å²) >= 11 is 0. The van der Waals surface area contributed by atoms with Crippen LogP contribution in [0.25, 0.3) is 0 Å². The lowest BCUT2D eigenvalue weighted by molar-refractivity contribution is -0.262. The lowest BCUT2D eigenvalue weighted by atomic mass is 9.65. The minimum Gasteiger partial charge on any atom is -0.454 e. The van der Waals surface area contributed by atoms with E-state index >= 15 is 0 Å². The van der Waals surface area contributed by atoms with Crippen molar-refractivity contribution in [3.8, 4) is 0 Å². The molecule has 10 heteroatoms. The fourth-order valence-corrected chi connectivity index (χ4v) is 9.18. The number of carbonyl (C=O) groups excluding carboxylic acids is 1. The van der Waals surface area contributed by atoms with Gasteiger partial charge >= 0.3 is 5.97 Å². The zero-order valence-corrected chi connectivity index (χ0v) is 32.0. The first-order valence-electron chi connectivity index (χ1n) is 17.5. The Bertz CT molecular complexity index is 1260. The van der Waals surface area contributed by atoms with E-state index in [0.29, 0.717) is 11.8 Å². The summed E-state index contributed by atoms with van der Waals surface area (Å²) in [5.74, 6) is -1.08. The Labute approximate surface area is 283 Å². The van der Waals surface area contributed by atoms with E-state index in [1.165, 1.54) is 12.5 Å². The van der Waals surface area contributed by atoms with Gasteiger partial charge in [-0.2, -0.15) is 0 Å². The Morgan fingerprint density at radius 1 is 1.13 bits per heavy atom. The molecule has 10 atom stereocenters. The van der Waals surface area contributed by atoms with E-state index < -0.39 is 50.0 Å². The second-order valence-electron chi connectivity index (χ2n) is 16.8. The number of hydrogen-bond acceptors (Lipinski definition) is 9. The molecule has 0 radical (unpaired) electrons. The highest BCUT2D eigenvalue weighted by Crippen LogP contribution is 2.51. The van der Waals surface area contributed by atoms with Crippen LogP contribution in [0.3, 0.4) is 0 Å². The van der Waals surface area contributed by atoms with Crippen LogP contribution >= 0.6 is 0 Å². The van der Waals surface area contributed by atoms with Gasteiger partial charge in [-0.3, -0.25) is 4.79 Å². The zero-order chi connectivity index (χ0) is 34.7. The average Bonchev–Trinajstić information content (AvgIpc) is 3.49. The standard InChI is InChI=1S/C37H60O9Si/c1-22(2)26-15-14-23(3)27-19-30(45-47(12,13)34(5,6)7)36(10)16-17-37(39-11,46-36)25(18-28(26)27)20-40-33-32(42-24(4)38)31-29(21-41-33)43-35(8,9)44-31/h14,16-18,22,26-33H,15,19-21H2,1-13H3/b25-18-/t26-,27+,28-,29-,30+,31-,32+,33-,36+,37-/m1/s1. The highest BCUT2D eigenvalue weighted by atomic mass is 28.4. The number of rotatable bonds is 8. The summed E-state index contributed by atoms with van der Waals surface area (Å²) in [6, 6.07) is 0. The number of esters is 1. The number of hydrogen-bond donors (Lipinski definition) is 0. The zero-order valence-electron chi connectivity index (χ0n) is 31.0. The van der Waals surface area contributed by atoms with E-state index in [2.05, 4.69) is 79.8 Å². The normalized spacial score (nSPS) is 41.2. The molecule has 0 aromatic heterocycles. The van der Waals surface area contributed by atoms with Gasteiger partial charge in [0.05, 0.1) is 19.3 Å². The van der Waals surface area contributed by atoms with Crippen LogP contribution in [-0.4, -0.2) is 82.5 Å². The molecule has 5 rings (SSSR count). The molecule has 4 aliphatic heterocycles. The topological polar surface area (TPSA) is 90.9 Å². The molecule has 47 heavy (non-hydrogen) atoms. The van der Waals surface area contributed by atoms with E-state index in [4.69, 9.17) is 37.6 Å². The van der Waals surface area contributed by atoms with E-state index in [1.54, 1.807) is 7.11 Å². The minimum atomic E-state index is -2.18. The molecule has 0 amide bonds. The Hall–Kier alpha value is -1.37. The Morgan fingerprint density at radius 2 is 1.83 bits per heavy atom. The molecule has 2 saturated heterocycles. The molecule has 2 bridgehead atoms. The molecule has 4 heterocycles. The molecule has 0 saturated carbocycles. The number of carbonyl (C=O) groups is 1. The molecule has 9 nitrogen and oxygen atoms in total. The van der Waals surface area contributed by atoms with Crippen LogP contribution < -0.4 is 0 Å². The fraction of sp³-hybridized carbons (Fsp3) is 0.811. The highest BCUT2D eigenvalue weighted by molar-refractivity contribution is 6.74. The first kappa shape index (κ1) is 36.9. The number of ether oxygens (including phenoxy) is 7. The molecule has 1 aliphatic carbocycles. The molecule has 5 aliphatic rings. The van der Waals surface area contributed by atoms with Crippen LogP contribution in [0.5, 0.6) is 0 Å². The van der Waals surface area contributed by atoms with Gasteiger partial charge in [-0.15, -0.1) is 0 Å². The second kappa shape index (κ2) is 13.1. The fourth-order valence-electron chi connectivity index (χ4n) is 7.79. The van der Waals surface area contributed by atoms with Gasteiger partial charge < -0.3 is 37.6 Å². The van der Waals surface area contributed by atoms with Crippen molar-refractivity contribution in [2.45, 2.75) is 148 Å². The van der Waals surface area contributed by atoms with Crippen molar-refractivity contribution >= 4 is 14.3 Å². The van der Waals surface area contributed by atoms with Crippen LogP contribution in [0.1, 0.15) is 82.1 Å². The molecular weight excluding hydrogens is 616 g/mol. The Kier molecular flexibility index (Phi) is 10.3. The highest BCUT2D eigenvalue weighted by Gasteiger charge is 2.56. The SMILES string of the molecule is CO[C@]12C=C[C@](C)(O1)[C@@H](O[Si](C)(C)C(C)(C)C)C[C@H]1C(C)=CC[C@H](C(C)C)[C@H]1/C=C\2CO[C@@H]1OC[C@H]2OC(C)(C)O[C@H]2[C@@H]1OC(C)=O. The van der Waals surface area contributed by atoms with Gasteiger partial charge in [0, 0.05) is 19.6 Å². The van der Waals surface area contributed by atoms with Gasteiger partial charge in [-0.25, -0.2) is 0 Å². The van der Waals surface area contributed by atoms with Crippen LogP contribution in [0.2, 0.25) is 18.1 Å². The maximum Gasteiger partial charge on any atom is 0.303 e.